The molecule has 2 aliphatic heterocycles. The minimum absolute atomic E-state index is 0. The standard InChI is InChI=1S/C14H20N2O2S.ClH/c1-9-7-12(18-2)13(19-9)14(17)16-6-5-10-3-4-11(8-16)15-10;/h7,10-11,15H,3-6,8H2,1-2H3;1H. The SMILES string of the molecule is COc1cc(C)sc1C(=O)N1CCC2CCC(C1)N2.Cl. The normalized spacial score (nSPS) is 25.0. The molecule has 2 fully saturated rings. The number of amides is 1. The average molecular weight is 317 g/mol. The van der Waals surface area contributed by atoms with E-state index in [0.717, 1.165) is 35.0 Å². The molecule has 20 heavy (non-hydrogen) atoms. The first-order valence-electron chi connectivity index (χ1n) is 6.87. The number of carbonyl (C=O) groups is 1. The molecule has 3 rings (SSSR count). The van der Waals surface area contributed by atoms with Gasteiger partial charge in [0, 0.05) is 30.1 Å². The quantitative estimate of drug-likeness (QED) is 0.911. The molecule has 2 bridgehead atoms. The van der Waals surface area contributed by atoms with Crippen LogP contribution >= 0.6 is 23.7 Å². The molecular weight excluding hydrogens is 296 g/mol. The van der Waals surface area contributed by atoms with E-state index in [1.807, 2.05) is 17.9 Å². The highest BCUT2D eigenvalue weighted by Crippen LogP contribution is 2.31. The molecule has 2 atom stereocenters. The molecular formula is C14H21ClN2O2S. The van der Waals surface area contributed by atoms with Gasteiger partial charge in [-0.25, -0.2) is 0 Å². The molecule has 2 saturated heterocycles. The van der Waals surface area contributed by atoms with Crippen molar-refractivity contribution in [2.24, 2.45) is 0 Å². The second-order valence-corrected chi connectivity index (χ2v) is 6.69. The number of likely N-dealkylation sites (tertiary alicyclic amines) is 1. The Balaban J connectivity index is 0.00000147. The summed E-state index contributed by atoms with van der Waals surface area (Å²) in [6.45, 7) is 3.69. The summed E-state index contributed by atoms with van der Waals surface area (Å²) in [7, 11) is 1.63. The first kappa shape index (κ1) is 15.6. The Morgan fingerprint density at radius 2 is 2.15 bits per heavy atom. The Morgan fingerprint density at radius 1 is 1.40 bits per heavy atom. The van der Waals surface area contributed by atoms with Crippen molar-refractivity contribution in [2.75, 3.05) is 20.2 Å². The lowest BCUT2D eigenvalue weighted by atomic mass is 10.1. The summed E-state index contributed by atoms with van der Waals surface area (Å²) in [5, 5.41) is 3.60. The summed E-state index contributed by atoms with van der Waals surface area (Å²) in [4.78, 5) is 16.5. The van der Waals surface area contributed by atoms with Crippen LogP contribution in [0, 0.1) is 6.92 Å². The highest BCUT2D eigenvalue weighted by molar-refractivity contribution is 7.14. The summed E-state index contributed by atoms with van der Waals surface area (Å²) in [6.07, 6.45) is 3.51. The minimum atomic E-state index is 0. The molecule has 4 nitrogen and oxygen atoms in total. The summed E-state index contributed by atoms with van der Waals surface area (Å²) < 4.78 is 5.32. The molecule has 112 valence electrons. The van der Waals surface area contributed by atoms with Crippen molar-refractivity contribution in [3.05, 3.63) is 15.8 Å². The molecule has 3 heterocycles. The smallest absolute Gasteiger partial charge is 0.267 e. The number of nitrogens with zero attached hydrogens (tertiary/aromatic N) is 1. The summed E-state index contributed by atoms with van der Waals surface area (Å²) in [5.41, 5.74) is 0. The van der Waals surface area contributed by atoms with Crippen molar-refractivity contribution in [1.29, 1.82) is 0 Å². The Bertz CT molecular complexity index is 492. The van der Waals surface area contributed by atoms with E-state index in [9.17, 15) is 4.79 Å². The highest BCUT2D eigenvalue weighted by Gasteiger charge is 2.32. The fraction of sp³-hybridized carbons (Fsp3) is 0.643. The number of halogens is 1. The number of thiophene rings is 1. The maximum atomic E-state index is 12.7. The predicted octanol–water partition coefficient (Wildman–Crippen LogP) is 2.45. The average Bonchev–Trinajstić information content (AvgIpc) is 2.91. The van der Waals surface area contributed by atoms with Crippen molar-refractivity contribution in [3.63, 3.8) is 0 Å². The van der Waals surface area contributed by atoms with Crippen LogP contribution in [0.1, 0.15) is 33.8 Å². The summed E-state index contributed by atoms with van der Waals surface area (Å²) in [5.74, 6) is 0.846. The zero-order valence-electron chi connectivity index (χ0n) is 11.8. The number of carbonyl (C=O) groups excluding carboxylic acids is 1. The van der Waals surface area contributed by atoms with Gasteiger partial charge >= 0.3 is 0 Å². The van der Waals surface area contributed by atoms with Gasteiger partial charge in [0.15, 0.2) is 0 Å². The highest BCUT2D eigenvalue weighted by atomic mass is 35.5. The van der Waals surface area contributed by atoms with Crippen molar-refractivity contribution < 1.29 is 9.53 Å². The number of hydrogen-bond donors (Lipinski definition) is 1. The Hall–Kier alpha value is -0.780. The van der Waals surface area contributed by atoms with Crippen LogP contribution in [-0.4, -0.2) is 43.1 Å². The molecule has 2 unspecified atom stereocenters. The van der Waals surface area contributed by atoms with Crippen molar-refractivity contribution in [2.45, 2.75) is 38.3 Å². The Labute approximate surface area is 129 Å². The van der Waals surface area contributed by atoms with E-state index < -0.39 is 0 Å². The van der Waals surface area contributed by atoms with Crippen molar-refractivity contribution >= 4 is 29.7 Å². The number of ether oxygens (including phenoxy) is 1. The lowest BCUT2D eigenvalue weighted by Crippen LogP contribution is -2.38. The van der Waals surface area contributed by atoms with Gasteiger partial charge in [-0.05, 0) is 32.3 Å². The molecule has 1 amide bonds. The third kappa shape index (κ3) is 2.95. The molecule has 1 N–H and O–H groups in total. The van der Waals surface area contributed by atoms with Crippen LogP contribution in [0.15, 0.2) is 6.07 Å². The number of nitrogens with one attached hydrogen (secondary N) is 1. The van der Waals surface area contributed by atoms with Crippen LogP contribution in [-0.2, 0) is 0 Å². The zero-order valence-corrected chi connectivity index (χ0v) is 13.5. The van der Waals surface area contributed by atoms with E-state index in [-0.39, 0.29) is 18.3 Å². The van der Waals surface area contributed by atoms with Crippen LogP contribution in [0.3, 0.4) is 0 Å². The summed E-state index contributed by atoms with van der Waals surface area (Å²) >= 11 is 1.53. The van der Waals surface area contributed by atoms with Gasteiger partial charge in [-0.1, -0.05) is 0 Å². The zero-order chi connectivity index (χ0) is 13.4. The topological polar surface area (TPSA) is 41.6 Å². The molecule has 6 heteroatoms. The van der Waals surface area contributed by atoms with Gasteiger partial charge in [0.1, 0.15) is 10.6 Å². The number of hydrogen-bond acceptors (Lipinski definition) is 4. The molecule has 0 spiro atoms. The summed E-state index contributed by atoms with van der Waals surface area (Å²) in [6, 6.07) is 3.03. The monoisotopic (exact) mass is 316 g/mol. The second kappa shape index (κ2) is 6.33. The number of rotatable bonds is 2. The van der Waals surface area contributed by atoms with Gasteiger partial charge in [0.05, 0.1) is 7.11 Å². The molecule has 1 aromatic rings. The minimum Gasteiger partial charge on any atom is -0.495 e. The Morgan fingerprint density at radius 3 is 2.90 bits per heavy atom. The van der Waals surface area contributed by atoms with E-state index in [0.29, 0.717) is 12.1 Å². The van der Waals surface area contributed by atoms with Crippen LogP contribution in [0.4, 0.5) is 0 Å². The van der Waals surface area contributed by atoms with E-state index in [1.165, 1.54) is 24.2 Å². The number of methoxy groups -OCH3 is 1. The third-order valence-corrected chi connectivity index (χ3v) is 5.07. The van der Waals surface area contributed by atoms with Crippen LogP contribution in [0.25, 0.3) is 0 Å². The van der Waals surface area contributed by atoms with E-state index in [1.54, 1.807) is 7.11 Å². The molecule has 0 aliphatic carbocycles. The predicted molar refractivity (Wildman–Crippen MR) is 83.3 cm³/mol. The lowest BCUT2D eigenvalue weighted by molar-refractivity contribution is 0.0750. The maximum absolute atomic E-state index is 12.7. The van der Waals surface area contributed by atoms with Crippen LogP contribution in [0.2, 0.25) is 0 Å². The van der Waals surface area contributed by atoms with Gasteiger partial charge in [-0.15, -0.1) is 23.7 Å². The first-order valence-corrected chi connectivity index (χ1v) is 7.68. The lowest BCUT2D eigenvalue weighted by Gasteiger charge is -2.24. The van der Waals surface area contributed by atoms with Gasteiger partial charge in [0.2, 0.25) is 0 Å². The second-order valence-electron chi connectivity index (χ2n) is 5.43. The van der Waals surface area contributed by atoms with E-state index >= 15 is 0 Å². The largest absolute Gasteiger partial charge is 0.495 e. The van der Waals surface area contributed by atoms with Crippen LogP contribution < -0.4 is 10.1 Å². The Kier molecular flexibility index (Phi) is 4.94. The van der Waals surface area contributed by atoms with Gasteiger partial charge in [-0.2, -0.15) is 0 Å². The third-order valence-electron chi connectivity index (χ3n) is 4.05. The fourth-order valence-electron chi connectivity index (χ4n) is 3.06. The molecule has 2 aliphatic rings. The first-order chi connectivity index (χ1) is 9.17. The molecule has 0 saturated carbocycles. The van der Waals surface area contributed by atoms with Gasteiger partial charge in [-0.3, -0.25) is 4.79 Å². The van der Waals surface area contributed by atoms with E-state index in [4.69, 9.17) is 4.74 Å². The number of aryl methyl sites for hydroxylation is 1. The van der Waals surface area contributed by atoms with Gasteiger partial charge < -0.3 is 15.0 Å². The fourth-order valence-corrected chi connectivity index (χ4v) is 4.01. The van der Waals surface area contributed by atoms with Crippen LogP contribution in [0.5, 0.6) is 5.75 Å². The molecule has 0 aromatic carbocycles. The van der Waals surface area contributed by atoms with Crippen molar-refractivity contribution in [3.8, 4) is 5.75 Å². The van der Waals surface area contributed by atoms with E-state index in [2.05, 4.69) is 5.32 Å². The van der Waals surface area contributed by atoms with Gasteiger partial charge in [0.25, 0.3) is 5.91 Å². The maximum Gasteiger partial charge on any atom is 0.267 e. The van der Waals surface area contributed by atoms with Crippen molar-refractivity contribution in [1.82, 2.24) is 10.2 Å². The number of fused-ring (bicyclic) bond motifs is 2. The molecule has 0 radical (unpaired) electrons. The molecule has 1 aromatic heterocycles.